The Morgan fingerprint density at radius 2 is 2.28 bits per heavy atom. The van der Waals surface area contributed by atoms with Gasteiger partial charge in [0.2, 0.25) is 0 Å². The predicted molar refractivity (Wildman–Crippen MR) is 63.8 cm³/mol. The van der Waals surface area contributed by atoms with Crippen molar-refractivity contribution >= 4 is 0 Å². The quantitative estimate of drug-likeness (QED) is 0.846. The van der Waals surface area contributed by atoms with Crippen molar-refractivity contribution in [1.82, 2.24) is 15.0 Å². The highest BCUT2D eigenvalue weighted by atomic mass is 16.5. The number of aliphatic hydroxyl groups excluding tert-OH is 1. The molecular formula is C12H18N4O2. The average Bonchev–Trinajstić information content (AvgIpc) is 2.73. The Balaban J connectivity index is 2.27. The molecule has 1 aliphatic heterocycles. The molecule has 2 heterocycles. The Bertz CT molecular complexity index is 430. The van der Waals surface area contributed by atoms with Crippen LogP contribution in [0.4, 0.5) is 0 Å². The predicted octanol–water partition coefficient (Wildman–Crippen LogP) is 0.619. The minimum Gasteiger partial charge on any atom is -0.391 e. The number of nitriles is 1. The molecule has 0 spiro atoms. The van der Waals surface area contributed by atoms with Crippen molar-refractivity contribution in [3.05, 3.63) is 11.4 Å². The average molecular weight is 250 g/mol. The van der Waals surface area contributed by atoms with E-state index >= 15 is 0 Å². The fourth-order valence-corrected chi connectivity index (χ4v) is 2.36. The van der Waals surface area contributed by atoms with E-state index < -0.39 is 6.10 Å². The van der Waals surface area contributed by atoms with Crippen LogP contribution < -0.4 is 0 Å². The van der Waals surface area contributed by atoms with Crippen LogP contribution in [-0.4, -0.2) is 39.4 Å². The number of hydrogen-bond acceptors (Lipinski definition) is 5. The molecule has 0 aromatic carbocycles. The summed E-state index contributed by atoms with van der Waals surface area (Å²) in [5.74, 6) is 0.329. The molecular weight excluding hydrogens is 232 g/mol. The number of nitrogens with zero attached hydrogens (tertiary/aromatic N) is 4. The summed E-state index contributed by atoms with van der Waals surface area (Å²) < 4.78 is 7.10. The molecule has 1 aromatic heterocycles. The van der Waals surface area contributed by atoms with Gasteiger partial charge < -0.3 is 9.84 Å². The zero-order valence-corrected chi connectivity index (χ0v) is 10.5. The summed E-state index contributed by atoms with van der Waals surface area (Å²) in [5.41, 5.74) is 1.74. The lowest BCUT2D eigenvalue weighted by Crippen LogP contribution is -2.22. The van der Waals surface area contributed by atoms with Crippen molar-refractivity contribution in [2.75, 3.05) is 13.2 Å². The van der Waals surface area contributed by atoms with Gasteiger partial charge in [-0.25, -0.2) is 4.68 Å². The second kappa shape index (κ2) is 5.94. The molecule has 6 heteroatoms. The lowest BCUT2D eigenvalue weighted by Gasteiger charge is -2.23. The molecule has 1 aromatic rings. The Labute approximate surface area is 106 Å². The molecule has 0 radical (unpaired) electrons. The number of hydrogen-bond donors (Lipinski definition) is 1. The Hall–Kier alpha value is -1.45. The molecule has 1 fully saturated rings. The van der Waals surface area contributed by atoms with Crippen LogP contribution in [0, 0.1) is 11.3 Å². The van der Waals surface area contributed by atoms with E-state index in [4.69, 9.17) is 10.00 Å². The normalized spacial score (nSPS) is 18.5. The second-order valence-corrected chi connectivity index (χ2v) is 4.67. The zero-order chi connectivity index (χ0) is 13.0. The first-order valence-electron chi connectivity index (χ1n) is 6.27. The summed E-state index contributed by atoms with van der Waals surface area (Å²) in [7, 11) is 0. The van der Waals surface area contributed by atoms with Crippen molar-refractivity contribution < 1.29 is 9.84 Å². The first kappa shape index (κ1) is 13.0. The standard InChI is InChI=1S/C12H18N4O2/c1-9(17)8-16-12(10-3-6-18-7-4-10)11(2-5-13)14-15-16/h9-10,17H,2-4,6-8H2,1H3. The Morgan fingerprint density at radius 1 is 1.56 bits per heavy atom. The smallest absolute Gasteiger partial charge is 0.100 e. The van der Waals surface area contributed by atoms with Gasteiger partial charge in [-0.15, -0.1) is 5.10 Å². The Morgan fingerprint density at radius 3 is 2.89 bits per heavy atom. The summed E-state index contributed by atoms with van der Waals surface area (Å²) in [5, 5.41) is 26.5. The first-order chi connectivity index (χ1) is 8.72. The summed E-state index contributed by atoms with van der Waals surface area (Å²) in [6.45, 7) is 3.61. The number of aliphatic hydroxyl groups is 1. The molecule has 0 aliphatic carbocycles. The highest BCUT2D eigenvalue weighted by Gasteiger charge is 2.25. The van der Waals surface area contributed by atoms with Gasteiger partial charge in [-0.1, -0.05) is 5.21 Å². The molecule has 1 N–H and O–H groups in total. The van der Waals surface area contributed by atoms with Gasteiger partial charge in [0.25, 0.3) is 0 Å². The maximum absolute atomic E-state index is 9.49. The van der Waals surface area contributed by atoms with Gasteiger partial charge in [-0.3, -0.25) is 0 Å². The van der Waals surface area contributed by atoms with E-state index in [1.54, 1.807) is 11.6 Å². The monoisotopic (exact) mass is 250 g/mol. The van der Waals surface area contributed by atoms with Gasteiger partial charge in [0, 0.05) is 19.1 Å². The fourth-order valence-electron chi connectivity index (χ4n) is 2.36. The number of aromatic nitrogens is 3. The van der Waals surface area contributed by atoms with E-state index in [0.717, 1.165) is 37.4 Å². The molecule has 98 valence electrons. The molecule has 2 rings (SSSR count). The summed E-state index contributed by atoms with van der Waals surface area (Å²) in [6.07, 6.45) is 1.64. The van der Waals surface area contributed by atoms with Gasteiger partial charge in [-0.2, -0.15) is 5.26 Å². The van der Waals surface area contributed by atoms with Crippen LogP contribution in [-0.2, 0) is 17.7 Å². The maximum atomic E-state index is 9.49. The minimum atomic E-state index is -0.472. The van der Waals surface area contributed by atoms with Crippen molar-refractivity contribution in [2.45, 2.75) is 44.8 Å². The largest absolute Gasteiger partial charge is 0.391 e. The lowest BCUT2D eigenvalue weighted by atomic mass is 9.94. The van der Waals surface area contributed by atoms with Crippen LogP contribution in [0.5, 0.6) is 0 Å². The molecule has 0 amide bonds. The summed E-state index contributed by atoms with van der Waals surface area (Å²) >= 11 is 0. The van der Waals surface area contributed by atoms with E-state index in [0.29, 0.717) is 12.5 Å². The third kappa shape index (κ3) is 2.86. The third-order valence-corrected chi connectivity index (χ3v) is 3.14. The van der Waals surface area contributed by atoms with Crippen molar-refractivity contribution in [1.29, 1.82) is 5.26 Å². The van der Waals surface area contributed by atoms with Crippen LogP contribution in [0.3, 0.4) is 0 Å². The van der Waals surface area contributed by atoms with E-state index in [9.17, 15) is 5.11 Å². The zero-order valence-electron chi connectivity index (χ0n) is 10.5. The van der Waals surface area contributed by atoms with Crippen molar-refractivity contribution in [3.8, 4) is 6.07 Å². The van der Waals surface area contributed by atoms with Gasteiger partial charge in [0.05, 0.1) is 30.8 Å². The van der Waals surface area contributed by atoms with Crippen molar-refractivity contribution in [2.24, 2.45) is 0 Å². The van der Waals surface area contributed by atoms with Crippen LogP contribution in [0.2, 0.25) is 0 Å². The SMILES string of the molecule is CC(O)Cn1nnc(CC#N)c1C1CCOCC1. The minimum absolute atomic E-state index is 0.270. The van der Waals surface area contributed by atoms with Gasteiger partial charge in [0.1, 0.15) is 5.69 Å². The van der Waals surface area contributed by atoms with E-state index in [1.165, 1.54) is 0 Å². The van der Waals surface area contributed by atoms with Gasteiger partial charge >= 0.3 is 0 Å². The summed E-state index contributed by atoms with van der Waals surface area (Å²) in [4.78, 5) is 0. The molecule has 1 atom stereocenters. The van der Waals surface area contributed by atoms with Crippen LogP contribution in [0.25, 0.3) is 0 Å². The highest BCUT2D eigenvalue weighted by molar-refractivity contribution is 5.19. The third-order valence-electron chi connectivity index (χ3n) is 3.14. The highest BCUT2D eigenvalue weighted by Crippen LogP contribution is 2.28. The van der Waals surface area contributed by atoms with Gasteiger partial charge in [-0.05, 0) is 19.8 Å². The Kier molecular flexibility index (Phi) is 4.28. The molecule has 1 unspecified atom stereocenters. The number of rotatable bonds is 4. The first-order valence-corrected chi connectivity index (χ1v) is 6.27. The lowest BCUT2D eigenvalue weighted by molar-refractivity contribution is 0.0823. The van der Waals surface area contributed by atoms with Crippen LogP contribution in [0.15, 0.2) is 0 Å². The molecule has 6 nitrogen and oxygen atoms in total. The van der Waals surface area contributed by atoms with E-state index in [-0.39, 0.29) is 6.42 Å². The molecule has 0 bridgehead atoms. The van der Waals surface area contributed by atoms with Gasteiger partial charge in [0.15, 0.2) is 0 Å². The molecule has 18 heavy (non-hydrogen) atoms. The van der Waals surface area contributed by atoms with Crippen LogP contribution >= 0.6 is 0 Å². The topological polar surface area (TPSA) is 84.0 Å². The summed E-state index contributed by atoms with van der Waals surface area (Å²) in [6, 6.07) is 2.12. The maximum Gasteiger partial charge on any atom is 0.100 e. The fraction of sp³-hybridized carbons (Fsp3) is 0.750. The second-order valence-electron chi connectivity index (χ2n) is 4.67. The molecule has 0 saturated carbocycles. The van der Waals surface area contributed by atoms with Crippen molar-refractivity contribution in [3.63, 3.8) is 0 Å². The molecule has 1 saturated heterocycles. The molecule has 1 aliphatic rings. The van der Waals surface area contributed by atoms with Crippen LogP contribution in [0.1, 0.15) is 37.1 Å². The van der Waals surface area contributed by atoms with E-state index in [1.807, 2.05) is 0 Å². The number of ether oxygens (including phenoxy) is 1. The van der Waals surface area contributed by atoms with E-state index in [2.05, 4.69) is 16.4 Å².